The van der Waals surface area contributed by atoms with E-state index in [0.717, 1.165) is 15.7 Å². The van der Waals surface area contributed by atoms with Crippen molar-refractivity contribution in [1.82, 2.24) is 5.16 Å². The maximum absolute atomic E-state index is 13.0. The molecule has 2 aromatic carbocycles. The minimum Gasteiger partial charge on any atom is -0.511 e. The van der Waals surface area contributed by atoms with E-state index in [1.54, 1.807) is 0 Å². The van der Waals surface area contributed by atoms with Crippen LogP contribution in [-0.4, -0.2) is 27.5 Å². The molecule has 2 aliphatic rings. The fraction of sp³-hybridized carbons (Fsp3) is 0.286. The number of benzene rings is 2. The molecule has 0 saturated heterocycles. The number of aromatic nitrogens is 1. The fourth-order valence-corrected chi connectivity index (χ4v) is 5.14. The zero-order valence-corrected chi connectivity index (χ0v) is 20.8. The van der Waals surface area contributed by atoms with Crippen LogP contribution in [0.1, 0.15) is 65.4 Å². The average molecular weight is 533 g/mol. The fourth-order valence-electron chi connectivity index (χ4n) is 4.87. The Hall–Kier alpha value is -3.32. The van der Waals surface area contributed by atoms with Crippen LogP contribution in [0.4, 0.5) is 5.69 Å². The quantitative estimate of drug-likeness (QED) is 0.294. The van der Waals surface area contributed by atoms with Gasteiger partial charge in [-0.15, -0.1) is 0 Å². The molecule has 0 bridgehead atoms. The van der Waals surface area contributed by atoms with E-state index in [9.17, 15) is 14.7 Å². The summed E-state index contributed by atoms with van der Waals surface area (Å²) in [5, 5.41) is 15.1. The van der Waals surface area contributed by atoms with Gasteiger partial charge in [0.25, 0.3) is 0 Å². The van der Waals surface area contributed by atoms with Gasteiger partial charge in [-0.2, -0.15) is 0 Å². The molecular formula is C28H25BrN2O4. The third kappa shape index (κ3) is 5.05. The molecule has 7 heteroatoms. The summed E-state index contributed by atoms with van der Waals surface area (Å²) in [5.41, 5.74) is 3.82. The number of rotatable bonds is 5. The summed E-state index contributed by atoms with van der Waals surface area (Å²) in [5.74, 6) is 0.573. The zero-order valence-electron chi connectivity index (χ0n) is 19.2. The predicted octanol–water partition coefficient (Wildman–Crippen LogP) is 6.62. The summed E-state index contributed by atoms with van der Waals surface area (Å²) in [6, 6.07) is 17.5. The summed E-state index contributed by atoms with van der Waals surface area (Å²) >= 11 is 3.41. The number of halogens is 1. The lowest BCUT2D eigenvalue weighted by Gasteiger charge is -2.20. The molecule has 178 valence electrons. The van der Waals surface area contributed by atoms with Crippen molar-refractivity contribution in [3.8, 4) is 0 Å². The van der Waals surface area contributed by atoms with Crippen molar-refractivity contribution in [3.63, 3.8) is 0 Å². The number of hydrogen-bond acceptors (Lipinski definition) is 6. The van der Waals surface area contributed by atoms with Crippen LogP contribution in [0.5, 0.6) is 0 Å². The van der Waals surface area contributed by atoms with Crippen LogP contribution in [0.3, 0.4) is 0 Å². The van der Waals surface area contributed by atoms with Crippen LogP contribution in [0, 0.1) is 0 Å². The second-order valence-corrected chi connectivity index (χ2v) is 9.92. The smallest absolute Gasteiger partial charge is 0.168 e. The third-order valence-electron chi connectivity index (χ3n) is 6.61. The number of aliphatic hydroxyl groups excluding tert-OH is 1. The van der Waals surface area contributed by atoms with Crippen LogP contribution in [0.15, 0.2) is 79.9 Å². The van der Waals surface area contributed by atoms with Crippen molar-refractivity contribution in [2.45, 2.75) is 50.9 Å². The second kappa shape index (κ2) is 10.1. The van der Waals surface area contributed by atoms with E-state index in [1.807, 2.05) is 54.6 Å². The largest absolute Gasteiger partial charge is 0.511 e. The molecule has 0 amide bonds. The van der Waals surface area contributed by atoms with Crippen molar-refractivity contribution in [1.29, 1.82) is 0 Å². The van der Waals surface area contributed by atoms with Gasteiger partial charge < -0.3 is 9.63 Å². The minimum absolute atomic E-state index is 0.00673. The van der Waals surface area contributed by atoms with Gasteiger partial charge in [-0.3, -0.25) is 14.6 Å². The standard InChI is InChI=1S/C28H25BrN2O4/c29-19-9-11-20(12-10-19)30-21-7-4-8-23(32)27(21)24(33)14-13-22-28-25(34)15-18(16-26(28)35-31-22)17-5-2-1-3-6-17/h1-3,5-6,9-12,18,33H,4,7-8,13-16H2/b27-24-,30-21?. The molecular weight excluding hydrogens is 508 g/mol. The summed E-state index contributed by atoms with van der Waals surface area (Å²) in [6.07, 6.45) is 3.24. The summed E-state index contributed by atoms with van der Waals surface area (Å²) in [6.45, 7) is 0. The highest BCUT2D eigenvalue weighted by atomic mass is 79.9. The molecule has 6 nitrogen and oxygen atoms in total. The molecule has 2 aliphatic carbocycles. The molecule has 1 unspecified atom stereocenters. The number of aliphatic hydroxyl groups is 1. The first-order valence-electron chi connectivity index (χ1n) is 11.8. The molecule has 5 rings (SSSR count). The van der Waals surface area contributed by atoms with Gasteiger partial charge >= 0.3 is 0 Å². The van der Waals surface area contributed by atoms with E-state index in [1.165, 1.54) is 0 Å². The molecule has 1 atom stereocenters. The number of carbonyl (C=O) groups is 2. The van der Waals surface area contributed by atoms with Crippen molar-refractivity contribution >= 4 is 38.9 Å². The van der Waals surface area contributed by atoms with Gasteiger partial charge in [-0.25, -0.2) is 0 Å². The summed E-state index contributed by atoms with van der Waals surface area (Å²) in [7, 11) is 0. The maximum Gasteiger partial charge on any atom is 0.168 e. The SMILES string of the molecule is O=C1CCCC(=Nc2ccc(Br)cc2)/C1=C(/O)CCc1noc2c1C(=O)CC(c1ccccc1)C2. The van der Waals surface area contributed by atoms with Gasteiger partial charge in [0.15, 0.2) is 11.6 Å². The van der Waals surface area contributed by atoms with E-state index in [4.69, 9.17) is 4.52 Å². The predicted molar refractivity (Wildman–Crippen MR) is 136 cm³/mol. The van der Waals surface area contributed by atoms with Gasteiger partial charge in [-0.05, 0) is 48.6 Å². The van der Waals surface area contributed by atoms with Crippen LogP contribution >= 0.6 is 15.9 Å². The van der Waals surface area contributed by atoms with Crippen molar-refractivity contribution in [3.05, 3.63) is 93.0 Å². The first-order chi connectivity index (χ1) is 17.0. The number of fused-ring (bicyclic) bond motifs is 1. The summed E-state index contributed by atoms with van der Waals surface area (Å²) < 4.78 is 6.50. The topological polar surface area (TPSA) is 92.8 Å². The molecule has 3 aromatic rings. The molecule has 1 N–H and O–H groups in total. The van der Waals surface area contributed by atoms with Crippen molar-refractivity contribution in [2.75, 3.05) is 0 Å². The minimum atomic E-state index is -0.103. The molecule has 0 spiro atoms. The highest BCUT2D eigenvalue weighted by Gasteiger charge is 2.33. The van der Waals surface area contributed by atoms with Crippen LogP contribution in [0.25, 0.3) is 0 Å². The Morgan fingerprint density at radius 1 is 1.03 bits per heavy atom. The van der Waals surface area contributed by atoms with Gasteiger partial charge in [-0.1, -0.05) is 51.4 Å². The number of carbonyl (C=O) groups excluding carboxylic acids is 2. The number of allylic oxidation sites excluding steroid dienone is 2. The molecule has 1 aromatic heterocycles. The first-order valence-corrected chi connectivity index (χ1v) is 12.6. The Labute approximate surface area is 211 Å². The second-order valence-electron chi connectivity index (χ2n) is 9.00. The van der Waals surface area contributed by atoms with Gasteiger partial charge in [0.05, 0.1) is 28.2 Å². The first kappa shape index (κ1) is 23.4. The van der Waals surface area contributed by atoms with E-state index >= 15 is 0 Å². The Bertz CT molecular complexity index is 1320. The number of ketones is 2. The van der Waals surface area contributed by atoms with Gasteiger partial charge in [0.1, 0.15) is 11.5 Å². The number of aryl methyl sites for hydroxylation is 1. The van der Waals surface area contributed by atoms with E-state index < -0.39 is 0 Å². The highest BCUT2D eigenvalue weighted by molar-refractivity contribution is 9.10. The number of aliphatic imine (C=N–C) groups is 1. The van der Waals surface area contributed by atoms with Crippen LogP contribution < -0.4 is 0 Å². The van der Waals surface area contributed by atoms with Crippen molar-refractivity contribution < 1.29 is 19.2 Å². The lowest BCUT2D eigenvalue weighted by molar-refractivity contribution is -0.115. The number of nitrogens with zero attached hydrogens (tertiary/aromatic N) is 2. The van der Waals surface area contributed by atoms with Gasteiger partial charge in [0.2, 0.25) is 0 Å². The monoisotopic (exact) mass is 532 g/mol. The Morgan fingerprint density at radius 3 is 2.57 bits per heavy atom. The van der Waals surface area contributed by atoms with Gasteiger partial charge in [0, 0.05) is 36.6 Å². The summed E-state index contributed by atoms with van der Waals surface area (Å²) in [4.78, 5) is 30.3. The van der Waals surface area contributed by atoms with Crippen LogP contribution in [-0.2, 0) is 17.6 Å². The highest BCUT2D eigenvalue weighted by Crippen LogP contribution is 2.35. The average Bonchev–Trinajstić information content (AvgIpc) is 3.28. The van der Waals surface area contributed by atoms with Crippen LogP contribution in [0.2, 0.25) is 0 Å². The maximum atomic E-state index is 13.0. The molecule has 35 heavy (non-hydrogen) atoms. The number of hydrogen-bond donors (Lipinski definition) is 1. The lowest BCUT2D eigenvalue weighted by atomic mass is 9.81. The lowest BCUT2D eigenvalue weighted by Crippen LogP contribution is -2.21. The van der Waals surface area contributed by atoms with E-state index in [2.05, 4.69) is 26.1 Å². The number of Topliss-reactive ketones (excluding diaryl/α,β-unsaturated/α-hetero) is 2. The molecule has 1 heterocycles. The van der Waals surface area contributed by atoms with E-state index in [-0.39, 0.29) is 29.7 Å². The van der Waals surface area contributed by atoms with Crippen molar-refractivity contribution in [2.24, 2.45) is 4.99 Å². The Morgan fingerprint density at radius 2 is 1.80 bits per heavy atom. The molecule has 0 radical (unpaired) electrons. The molecule has 1 fully saturated rings. The molecule has 0 aliphatic heterocycles. The third-order valence-corrected chi connectivity index (χ3v) is 7.14. The normalized spacial score (nSPS) is 20.7. The zero-order chi connectivity index (χ0) is 24.4. The molecule has 1 saturated carbocycles. The Balaban J connectivity index is 1.36. The van der Waals surface area contributed by atoms with E-state index in [0.29, 0.717) is 66.8 Å². The Kier molecular flexibility index (Phi) is 6.77.